The summed E-state index contributed by atoms with van der Waals surface area (Å²) in [5.74, 6) is 1.34. The molecule has 2 rings (SSSR count). The number of hydrogen-bond acceptors (Lipinski definition) is 2. The molecule has 2 aromatic rings. The molecule has 0 saturated heterocycles. The second-order valence-electron chi connectivity index (χ2n) is 3.73. The molecule has 0 unspecified atom stereocenters. The van der Waals surface area contributed by atoms with Crippen molar-refractivity contribution in [2.24, 2.45) is 0 Å². The third-order valence-electron chi connectivity index (χ3n) is 2.46. The van der Waals surface area contributed by atoms with Gasteiger partial charge in [-0.2, -0.15) is 0 Å². The first-order valence-electron chi connectivity index (χ1n) is 5.23. The van der Waals surface area contributed by atoms with Gasteiger partial charge in [-0.25, -0.2) is 4.98 Å². The van der Waals surface area contributed by atoms with Crippen LogP contribution in [-0.4, -0.2) is 4.98 Å². The molecule has 1 aromatic carbocycles. The smallest absolute Gasteiger partial charge is 0.133 e. The number of anilines is 2. The van der Waals surface area contributed by atoms with Gasteiger partial charge in [-0.1, -0.05) is 18.2 Å². The predicted octanol–water partition coefficient (Wildman–Crippen LogP) is 4.63. The van der Waals surface area contributed by atoms with Gasteiger partial charge in [0.2, 0.25) is 0 Å². The Bertz CT molecular complexity index is 529. The molecule has 88 valence electrons. The molecule has 1 aromatic heterocycles. The van der Waals surface area contributed by atoms with Crippen LogP contribution in [0, 0.1) is 6.92 Å². The number of halogens is 2. The standard InChI is InChI=1S/C13H12BrClN2/c1-9-6-11(14)8-16-13(9)17-12-5-3-2-4-10(12)7-15/h2-6,8H,7H2,1H3,(H,16,17). The Morgan fingerprint density at radius 1 is 1.35 bits per heavy atom. The van der Waals surface area contributed by atoms with E-state index in [1.807, 2.05) is 37.3 Å². The van der Waals surface area contributed by atoms with Gasteiger partial charge in [0, 0.05) is 22.2 Å². The summed E-state index contributed by atoms with van der Waals surface area (Å²) in [4.78, 5) is 4.35. The number of benzene rings is 1. The number of aryl methyl sites for hydroxylation is 1. The number of nitrogens with one attached hydrogen (secondary N) is 1. The fourth-order valence-electron chi connectivity index (χ4n) is 1.56. The van der Waals surface area contributed by atoms with Crippen LogP contribution in [0.1, 0.15) is 11.1 Å². The Morgan fingerprint density at radius 2 is 2.12 bits per heavy atom. The summed E-state index contributed by atoms with van der Waals surface area (Å²) >= 11 is 9.29. The summed E-state index contributed by atoms with van der Waals surface area (Å²) in [5, 5.41) is 3.30. The second kappa shape index (κ2) is 5.52. The normalized spacial score (nSPS) is 10.3. The molecule has 0 atom stereocenters. The van der Waals surface area contributed by atoms with Gasteiger partial charge in [-0.3, -0.25) is 0 Å². The van der Waals surface area contributed by atoms with Crippen molar-refractivity contribution in [3.8, 4) is 0 Å². The van der Waals surface area contributed by atoms with E-state index in [1.54, 1.807) is 6.20 Å². The molecule has 0 radical (unpaired) electrons. The van der Waals surface area contributed by atoms with E-state index in [0.717, 1.165) is 27.1 Å². The molecule has 0 aliphatic carbocycles. The van der Waals surface area contributed by atoms with Gasteiger partial charge in [0.15, 0.2) is 0 Å². The Balaban J connectivity index is 2.31. The third-order valence-corrected chi connectivity index (χ3v) is 3.18. The van der Waals surface area contributed by atoms with Crippen molar-refractivity contribution in [2.45, 2.75) is 12.8 Å². The third kappa shape index (κ3) is 2.99. The Kier molecular flexibility index (Phi) is 4.02. The van der Waals surface area contributed by atoms with Crippen molar-refractivity contribution in [1.29, 1.82) is 0 Å². The van der Waals surface area contributed by atoms with Crippen molar-refractivity contribution < 1.29 is 0 Å². The topological polar surface area (TPSA) is 24.9 Å². The molecule has 0 aliphatic rings. The number of alkyl halides is 1. The maximum absolute atomic E-state index is 5.90. The first kappa shape index (κ1) is 12.4. The molecule has 0 fully saturated rings. The quantitative estimate of drug-likeness (QED) is 0.836. The van der Waals surface area contributed by atoms with E-state index in [9.17, 15) is 0 Å². The Labute approximate surface area is 114 Å². The Morgan fingerprint density at radius 3 is 2.82 bits per heavy atom. The van der Waals surface area contributed by atoms with Crippen LogP contribution in [0.15, 0.2) is 41.0 Å². The molecular formula is C13H12BrClN2. The van der Waals surface area contributed by atoms with E-state index < -0.39 is 0 Å². The van der Waals surface area contributed by atoms with Gasteiger partial charge < -0.3 is 5.32 Å². The number of para-hydroxylation sites is 1. The first-order valence-corrected chi connectivity index (χ1v) is 6.56. The van der Waals surface area contributed by atoms with E-state index in [4.69, 9.17) is 11.6 Å². The molecule has 0 saturated carbocycles. The number of rotatable bonds is 3. The summed E-state index contributed by atoms with van der Waals surface area (Å²) in [7, 11) is 0. The minimum Gasteiger partial charge on any atom is -0.340 e. The van der Waals surface area contributed by atoms with Crippen LogP contribution in [0.4, 0.5) is 11.5 Å². The van der Waals surface area contributed by atoms with E-state index in [0.29, 0.717) is 5.88 Å². The SMILES string of the molecule is Cc1cc(Br)cnc1Nc1ccccc1CCl. The zero-order valence-corrected chi connectivity index (χ0v) is 11.7. The second-order valence-corrected chi connectivity index (χ2v) is 4.92. The van der Waals surface area contributed by atoms with Crippen LogP contribution < -0.4 is 5.32 Å². The first-order chi connectivity index (χ1) is 8.20. The van der Waals surface area contributed by atoms with Crippen LogP contribution in [0.3, 0.4) is 0 Å². The lowest BCUT2D eigenvalue weighted by molar-refractivity contribution is 1.23. The number of nitrogens with zero attached hydrogens (tertiary/aromatic N) is 1. The molecular weight excluding hydrogens is 300 g/mol. The lowest BCUT2D eigenvalue weighted by Crippen LogP contribution is -1.98. The van der Waals surface area contributed by atoms with E-state index >= 15 is 0 Å². The summed E-state index contributed by atoms with van der Waals surface area (Å²) in [6.45, 7) is 2.02. The largest absolute Gasteiger partial charge is 0.340 e. The number of hydrogen-bond donors (Lipinski definition) is 1. The van der Waals surface area contributed by atoms with Gasteiger partial charge in [0.1, 0.15) is 5.82 Å². The average molecular weight is 312 g/mol. The molecule has 0 bridgehead atoms. The summed E-state index contributed by atoms with van der Waals surface area (Å²) in [6.07, 6.45) is 1.78. The number of aromatic nitrogens is 1. The van der Waals surface area contributed by atoms with Crippen molar-refractivity contribution in [3.63, 3.8) is 0 Å². The van der Waals surface area contributed by atoms with Crippen molar-refractivity contribution in [2.75, 3.05) is 5.32 Å². The highest BCUT2D eigenvalue weighted by Gasteiger charge is 2.04. The Hall–Kier alpha value is -1.06. The molecule has 1 heterocycles. The minimum absolute atomic E-state index is 0.485. The lowest BCUT2D eigenvalue weighted by Gasteiger charge is -2.11. The van der Waals surface area contributed by atoms with Crippen molar-refractivity contribution >= 4 is 39.0 Å². The fourth-order valence-corrected chi connectivity index (χ4v) is 2.24. The lowest BCUT2D eigenvalue weighted by atomic mass is 10.2. The van der Waals surface area contributed by atoms with Crippen LogP contribution >= 0.6 is 27.5 Å². The highest BCUT2D eigenvalue weighted by Crippen LogP contribution is 2.24. The molecule has 17 heavy (non-hydrogen) atoms. The van der Waals surface area contributed by atoms with Crippen molar-refractivity contribution in [3.05, 3.63) is 52.1 Å². The van der Waals surface area contributed by atoms with E-state index in [-0.39, 0.29) is 0 Å². The van der Waals surface area contributed by atoms with Gasteiger partial charge in [0.05, 0.1) is 0 Å². The molecule has 0 amide bonds. The minimum atomic E-state index is 0.485. The highest BCUT2D eigenvalue weighted by atomic mass is 79.9. The van der Waals surface area contributed by atoms with Gasteiger partial charge in [-0.05, 0) is 46.1 Å². The number of pyridine rings is 1. The molecule has 0 aliphatic heterocycles. The van der Waals surface area contributed by atoms with E-state index in [1.165, 1.54) is 0 Å². The maximum Gasteiger partial charge on any atom is 0.133 e. The average Bonchev–Trinajstić information content (AvgIpc) is 2.33. The van der Waals surface area contributed by atoms with Gasteiger partial charge in [-0.15, -0.1) is 11.6 Å². The highest BCUT2D eigenvalue weighted by molar-refractivity contribution is 9.10. The molecule has 1 N–H and O–H groups in total. The van der Waals surface area contributed by atoms with E-state index in [2.05, 4.69) is 26.2 Å². The van der Waals surface area contributed by atoms with Crippen LogP contribution in [0.2, 0.25) is 0 Å². The molecule has 2 nitrogen and oxygen atoms in total. The summed E-state index contributed by atoms with van der Waals surface area (Å²) in [6, 6.07) is 9.99. The maximum atomic E-state index is 5.90. The predicted molar refractivity (Wildman–Crippen MR) is 76.0 cm³/mol. The fraction of sp³-hybridized carbons (Fsp3) is 0.154. The van der Waals surface area contributed by atoms with Crippen molar-refractivity contribution in [1.82, 2.24) is 4.98 Å². The summed E-state index contributed by atoms with van der Waals surface area (Å²) < 4.78 is 0.978. The van der Waals surface area contributed by atoms with Gasteiger partial charge in [0.25, 0.3) is 0 Å². The van der Waals surface area contributed by atoms with Crippen LogP contribution in [-0.2, 0) is 5.88 Å². The van der Waals surface area contributed by atoms with Gasteiger partial charge >= 0.3 is 0 Å². The summed E-state index contributed by atoms with van der Waals surface area (Å²) in [5.41, 5.74) is 3.16. The van der Waals surface area contributed by atoms with Crippen LogP contribution in [0.5, 0.6) is 0 Å². The molecule has 0 spiro atoms. The van der Waals surface area contributed by atoms with Crippen LogP contribution in [0.25, 0.3) is 0 Å². The zero-order chi connectivity index (χ0) is 12.3. The monoisotopic (exact) mass is 310 g/mol. The zero-order valence-electron chi connectivity index (χ0n) is 9.37. The molecule has 4 heteroatoms.